The molecule has 1 aromatic rings. The van der Waals surface area contributed by atoms with Gasteiger partial charge in [-0.15, -0.1) is 0 Å². The molecular weight excluding hydrogens is 860 g/mol. The van der Waals surface area contributed by atoms with Gasteiger partial charge in [0.2, 0.25) is 41.4 Å². The van der Waals surface area contributed by atoms with Crippen molar-refractivity contribution < 1.29 is 68.7 Å². The van der Waals surface area contributed by atoms with E-state index in [9.17, 15) is 68.7 Å². The predicted octanol–water partition coefficient (Wildman–Crippen LogP) is -5.94. The third kappa shape index (κ3) is 21.5. The van der Waals surface area contributed by atoms with Crippen molar-refractivity contribution in [3.05, 3.63) is 29.8 Å². The number of phenols is 1. The zero-order valence-electron chi connectivity index (χ0n) is 36.3. The van der Waals surface area contributed by atoms with Crippen LogP contribution in [0.4, 0.5) is 0 Å². The van der Waals surface area contributed by atoms with Crippen molar-refractivity contribution >= 4 is 59.2 Å². The molecule has 1 aromatic carbocycles. The fourth-order valence-corrected chi connectivity index (χ4v) is 5.82. The smallest absolute Gasteiger partial charge is 0.326 e. The van der Waals surface area contributed by atoms with Gasteiger partial charge in [-0.3, -0.25) is 43.3 Å². The molecule has 0 aliphatic heterocycles. The summed E-state index contributed by atoms with van der Waals surface area (Å²) in [5.41, 5.74) is 22.2. The second-order valence-corrected chi connectivity index (χ2v) is 15.0. The van der Waals surface area contributed by atoms with Gasteiger partial charge >= 0.3 is 11.9 Å². The molecule has 65 heavy (non-hydrogen) atoms. The van der Waals surface area contributed by atoms with Crippen LogP contribution in [0.15, 0.2) is 29.3 Å². The fourth-order valence-electron chi connectivity index (χ4n) is 5.82. The van der Waals surface area contributed by atoms with E-state index in [1.165, 1.54) is 24.3 Å². The number of nitrogens with one attached hydrogen (secondary N) is 7. The molecule has 0 aliphatic rings. The van der Waals surface area contributed by atoms with Gasteiger partial charge in [-0.1, -0.05) is 32.4 Å². The molecule has 0 fully saturated rings. The van der Waals surface area contributed by atoms with Crippen molar-refractivity contribution in [2.24, 2.45) is 33.8 Å². The van der Waals surface area contributed by atoms with Crippen molar-refractivity contribution in [1.82, 2.24) is 37.2 Å². The number of nitrogens with two attached hydrogens (primary N) is 4. The van der Waals surface area contributed by atoms with Crippen molar-refractivity contribution in [3.8, 4) is 5.75 Å². The van der Waals surface area contributed by atoms with Crippen molar-refractivity contribution in [2.45, 2.75) is 108 Å². The van der Waals surface area contributed by atoms with E-state index in [4.69, 9.17) is 22.9 Å². The highest BCUT2D eigenvalue weighted by atomic mass is 16.4. The van der Waals surface area contributed by atoms with Gasteiger partial charge in [-0.25, -0.2) is 4.79 Å². The molecule has 20 N–H and O–H groups in total. The Morgan fingerprint density at radius 2 is 1.22 bits per heavy atom. The lowest BCUT2D eigenvalue weighted by Crippen LogP contribution is -2.61. The second kappa shape index (κ2) is 29.7. The van der Waals surface area contributed by atoms with E-state index < -0.39 is 128 Å². The molecule has 364 valence electrons. The van der Waals surface area contributed by atoms with Crippen LogP contribution in [0.2, 0.25) is 0 Å². The number of hydrogen-bond acceptors (Lipinski definition) is 15. The Balaban J connectivity index is 3.20. The summed E-state index contributed by atoms with van der Waals surface area (Å²) < 4.78 is 0. The van der Waals surface area contributed by atoms with Crippen LogP contribution in [0.1, 0.15) is 64.4 Å². The quantitative estimate of drug-likeness (QED) is 0.0187. The molecule has 0 unspecified atom stereocenters. The first-order chi connectivity index (χ1) is 30.7. The highest BCUT2D eigenvalue weighted by Gasteiger charge is 2.34. The number of aliphatic hydroxyl groups is 2. The minimum atomic E-state index is -1.82. The minimum absolute atomic E-state index is 0.0404. The molecule has 8 atom stereocenters. The van der Waals surface area contributed by atoms with E-state index >= 15 is 0 Å². The number of guanidine groups is 1. The molecule has 7 amide bonds. The number of aromatic hydroxyl groups is 1. The Morgan fingerprint density at radius 1 is 0.677 bits per heavy atom. The standard InChI is InChI=1S/C39H64N12O14/c1-3-20(2)31(37(63)45-17-29(55)46-27(18-52)35(61)47-24(38(64)65)8-4-5-13-40)51-34(60)25(15-21-9-11-22(54)12-10-21)49-36(62)28(19-53)50-33(59)26(16-30(56)57)48-32(58)23(41)7-6-14-44-39(42)43/h9-12,20,23-28,31,52-54H,3-8,13-19,40-41H2,1-2H3,(H,45,63)(H,46,55)(H,47,61)(H,48,58)(H,49,62)(H,50,59)(H,51,60)(H,56,57)(H,64,65)(H4,42,43,44)/t20-,23-,24-,25-,26-,27-,28-,31-/m0/s1. The molecule has 0 radical (unpaired) electrons. The molecule has 1 rings (SSSR count). The summed E-state index contributed by atoms with van der Waals surface area (Å²) in [6.07, 6.45) is 0.305. The summed E-state index contributed by atoms with van der Waals surface area (Å²) in [6, 6.07) is -5.14. The Hall–Kier alpha value is -6.64. The third-order valence-electron chi connectivity index (χ3n) is 9.75. The maximum Gasteiger partial charge on any atom is 0.326 e. The number of aliphatic imine (C=N–C) groups is 1. The molecular formula is C39H64N12O14. The number of amides is 7. The number of unbranched alkanes of at least 4 members (excludes halogenated alkanes) is 1. The number of rotatable bonds is 31. The number of phenolic OH excluding ortho intramolecular Hbond substituents is 1. The molecule has 26 nitrogen and oxygen atoms in total. The number of nitrogens with zero attached hydrogens (tertiary/aromatic N) is 1. The lowest BCUT2D eigenvalue weighted by molar-refractivity contribution is -0.143. The summed E-state index contributed by atoms with van der Waals surface area (Å²) in [5.74, 6) is -10.8. The van der Waals surface area contributed by atoms with Gasteiger partial charge in [0.1, 0.15) is 42.0 Å². The van der Waals surface area contributed by atoms with Gasteiger partial charge < -0.3 is 85.7 Å². The first-order valence-corrected chi connectivity index (χ1v) is 20.7. The van der Waals surface area contributed by atoms with Gasteiger partial charge in [0.15, 0.2) is 5.96 Å². The molecule has 0 saturated carbocycles. The number of carbonyl (C=O) groups is 9. The summed E-state index contributed by atoms with van der Waals surface area (Å²) >= 11 is 0. The highest BCUT2D eigenvalue weighted by Crippen LogP contribution is 2.14. The van der Waals surface area contributed by atoms with Crippen molar-refractivity contribution in [3.63, 3.8) is 0 Å². The molecule has 26 heteroatoms. The van der Waals surface area contributed by atoms with Gasteiger partial charge in [-0.05, 0) is 62.3 Å². The normalized spacial score (nSPS) is 14.6. The number of aliphatic carboxylic acids is 2. The molecule has 0 aromatic heterocycles. The summed E-state index contributed by atoms with van der Waals surface area (Å²) in [4.78, 5) is 119. The van der Waals surface area contributed by atoms with E-state index in [0.717, 1.165) is 0 Å². The average molecular weight is 925 g/mol. The van der Waals surface area contributed by atoms with Crippen LogP contribution in [0.3, 0.4) is 0 Å². The third-order valence-corrected chi connectivity index (χ3v) is 9.75. The highest BCUT2D eigenvalue weighted by molar-refractivity contribution is 5.98. The number of carbonyl (C=O) groups excluding carboxylic acids is 7. The Morgan fingerprint density at radius 3 is 1.75 bits per heavy atom. The van der Waals surface area contributed by atoms with Gasteiger partial charge in [-0.2, -0.15) is 0 Å². The SMILES string of the molecule is CC[C@H](C)[C@H](NC(=O)[C@H](Cc1ccc(O)cc1)NC(=O)[C@H](CO)NC(=O)[C@H](CC(=O)O)NC(=O)[C@@H](N)CCCN=C(N)N)C(=O)NCC(=O)N[C@@H](CO)C(=O)N[C@@H](CCCCN)C(=O)O. The van der Waals surface area contributed by atoms with Crippen LogP contribution in [-0.2, 0) is 49.6 Å². The van der Waals surface area contributed by atoms with Gasteiger partial charge in [0.05, 0.1) is 32.2 Å². The van der Waals surface area contributed by atoms with Crippen LogP contribution >= 0.6 is 0 Å². The Bertz CT molecular complexity index is 1800. The van der Waals surface area contributed by atoms with E-state index in [0.29, 0.717) is 31.4 Å². The molecule has 0 bridgehead atoms. The van der Waals surface area contributed by atoms with Crippen LogP contribution in [0.5, 0.6) is 5.75 Å². The minimum Gasteiger partial charge on any atom is -0.508 e. The molecule has 0 spiro atoms. The van der Waals surface area contributed by atoms with Crippen LogP contribution in [0, 0.1) is 5.92 Å². The van der Waals surface area contributed by atoms with Crippen molar-refractivity contribution in [1.29, 1.82) is 0 Å². The topological polar surface area (TPSA) is 455 Å². The number of benzene rings is 1. The maximum absolute atomic E-state index is 13.9. The summed E-state index contributed by atoms with van der Waals surface area (Å²) in [6.45, 7) is 0.985. The molecule has 0 saturated heterocycles. The van der Waals surface area contributed by atoms with E-state index in [-0.39, 0.29) is 43.9 Å². The molecule has 0 heterocycles. The average Bonchev–Trinajstić information content (AvgIpc) is 3.25. The van der Waals surface area contributed by atoms with Crippen LogP contribution in [-0.4, -0.2) is 160 Å². The van der Waals surface area contributed by atoms with Crippen molar-refractivity contribution in [2.75, 3.05) is 32.8 Å². The number of hydrogen-bond donors (Lipinski definition) is 16. The Labute approximate surface area is 374 Å². The number of aliphatic hydroxyl groups excluding tert-OH is 2. The number of carboxylic acid groups (broad SMARTS) is 2. The van der Waals surface area contributed by atoms with E-state index in [2.05, 4.69) is 42.2 Å². The predicted molar refractivity (Wildman–Crippen MR) is 231 cm³/mol. The lowest BCUT2D eigenvalue weighted by atomic mass is 9.97. The number of carboxylic acids is 2. The zero-order valence-corrected chi connectivity index (χ0v) is 36.3. The van der Waals surface area contributed by atoms with Crippen LogP contribution in [0.25, 0.3) is 0 Å². The first-order valence-electron chi connectivity index (χ1n) is 20.7. The van der Waals surface area contributed by atoms with Gasteiger partial charge in [0, 0.05) is 13.0 Å². The molecule has 0 aliphatic carbocycles. The van der Waals surface area contributed by atoms with Gasteiger partial charge in [0.25, 0.3) is 0 Å². The fraction of sp³-hybridized carbons (Fsp3) is 0.590. The summed E-state index contributed by atoms with van der Waals surface area (Å²) in [7, 11) is 0. The maximum atomic E-state index is 13.9. The Kier molecular flexibility index (Phi) is 25.7. The van der Waals surface area contributed by atoms with Crippen LogP contribution < -0.4 is 60.2 Å². The first kappa shape index (κ1) is 56.4. The second-order valence-electron chi connectivity index (χ2n) is 15.0. The van der Waals surface area contributed by atoms with E-state index in [1.807, 2.05) is 0 Å². The zero-order chi connectivity index (χ0) is 49.2. The van der Waals surface area contributed by atoms with E-state index in [1.54, 1.807) is 13.8 Å². The summed E-state index contributed by atoms with van der Waals surface area (Å²) in [5, 5.41) is 64.6. The monoisotopic (exact) mass is 924 g/mol. The lowest BCUT2D eigenvalue weighted by Gasteiger charge is -2.28. The largest absolute Gasteiger partial charge is 0.508 e.